The van der Waals surface area contributed by atoms with Crippen molar-refractivity contribution >= 4 is 23.7 Å². The predicted molar refractivity (Wildman–Crippen MR) is 71.6 cm³/mol. The number of rotatable bonds is 5. The number of benzene rings is 1. The average Bonchev–Trinajstić information content (AvgIpc) is 2.38. The second kappa shape index (κ2) is 7.22. The van der Waals surface area contributed by atoms with Gasteiger partial charge in [0.15, 0.2) is 0 Å². The first-order valence-electron chi connectivity index (χ1n) is 6.05. The van der Waals surface area contributed by atoms with Gasteiger partial charge in [0.25, 0.3) is 0 Å². The highest BCUT2D eigenvalue weighted by molar-refractivity contribution is 6.00. The van der Waals surface area contributed by atoms with Crippen molar-refractivity contribution in [3.05, 3.63) is 29.6 Å². The van der Waals surface area contributed by atoms with E-state index in [0.717, 1.165) is 23.1 Å². The van der Waals surface area contributed by atoms with Crippen LogP contribution in [0.4, 0.5) is 14.9 Å². The fourth-order valence-corrected chi connectivity index (χ4v) is 1.49. The number of hydrogen-bond donors (Lipinski definition) is 2. The van der Waals surface area contributed by atoms with E-state index in [1.54, 1.807) is 6.92 Å². The minimum Gasteiger partial charge on any atom is -0.478 e. The van der Waals surface area contributed by atoms with Gasteiger partial charge in [-0.05, 0) is 25.1 Å². The second-order valence-electron chi connectivity index (χ2n) is 4.09. The summed E-state index contributed by atoms with van der Waals surface area (Å²) in [6, 6.07) is 2.15. The molecule has 1 aromatic rings. The van der Waals surface area contributed by atoms with E-state index in [1.165, 1.54) is 7.05 Å². The Labute approximate surface area is 120 Å². The standard InChI is InChI=1S/C13H15FN2O5/c1-3-21-11(17)7-16(2)13(20)15-10-6-8(14)4-5-9(10)12(18)19/h4-6H,3,7H2,1-2H3,(H,15,20)(H,18,19). The minimum absolute atomic E-state index is 0.182. The summed E-state index contributed by atoms with van der Waals surface area (Å²) in [6.07, 6.45) is 0. The lowest BCUT2D eigenvalue weighted by Gasteiger charge is -2.17. The highest BCUT2D eigenvalue weighted by atomic mass is 19.1. The lowest BCUT2D eigenvalue weighted by molar-refractivity contribution is -0.143. The zero-order valence-corrected chi connectivity index (χ0v) is 11.6. The van der Waals surface area contributed by atoms with Gasteiger partial charge in [-0.25, -0.2) is 14.0 Å². The third-order valence-corrected chi connectivity index (χ3v) is 2.47. The summed E-state index contributed by atoms with van der Waals surface area (Å²) >= 11 is 0. The average molecular weight is 298 g/mol. The number of halogens is 1. The molecule has 21 heavy (non-hydrogen) atoms. The molecule has 1 aromatic carbocycles. The quantitative estimate of drug-likeness (QED) is 0.804. The number of carbonyl (C=O) groups is 3. The first-order chi connectivity index (χ1) is 9.85. The molecule has 7 nitrogen and oxygen atoms in total. The summed E-state index contributed by atoms with van der Waals surface area (Å²) in [6.45, 7) is 1.50. The van der Waals surface area contributed by atoms with Crippen molar-refractivity contribution in [2.45, 2.75) is 6.92 Å². The molecule has 1 rings (SSSR count). The number of anilines is 1. The van der Waals surface area contributed by atoms with Crippen molar-refractivity contribution in [1.29, 1.82) is 0 Å². The molecule has 2 amide bonds. The molecule has 0 saturated heterocycles. The third kappa shape index (κ3) is 4.75. The summed E-state index contributed by atoms with van der Waals surface area (Å²) < 4.78 is 17.8. The number of likely N-dealkylation sites (N-methyl/N-ethyl adjacent to an activating group) is 1. The third-order valence-electron chi connectivity index (χ3n) is 2.47. The van der Waals surface area contributed by atoms with Crippen LogP contribution in [-0.2, 0) is 9.53 Å². The van der Waals surface area contributed by atoms with Gasteiger partial charge in [-0.1, -0.05) is 0 Å². The van der Waals surface area contributed by atoms with Crippen LogP contribution < -0.4 is 5.32 Å². The van der Waals surface area contributed by atoms with Crippen LogP contribution in [0.1, 0.15) is 17.3 Å². The van der Waals surface area contributed by atoms with Gasteiger partial charge in [-0.3, -0.25) is 4.79 Å². The maximum Gasteiger partial charge on any atom is 0.337 e. The fraction of sp³-hybridized carbons (Fsp3) is 0.308. The molecular weight excluding hydrogens is 283 g/mol. The zero-order valence-electron chi connectivity index (χ0n) is 11.6. The highest BCUT2D eigenvalue weighted by Gasteiger charge is 2.17. The molecule has 0 spiro atoms. The van der Waals surface area contributed by atoms with Crippen LogP contribution in [0, 0.1) is 5.82 Å². The first-order valence-corrected chi connectivity index (χ1v) is 6.05. The van der Waals surface area contributed by atoms with Crippen molar-refractivity contribution in [2.24, 2.45) is 0 Å². The molecule has 0 unspecified atom stereocenters. The molecule has 0 fully saturated rings. The lowest BCUT2D eigenvalue weighted by Crippen LogP contribution is -2.36. The van der Waals surface area contributed by atoms with Crippen LogP contribution in [0.2, 0.25) is 0 Å². The van der Waals surface area contributed by atoms with E-state index < -0.39 is 23.8 Å². The SMILES string of the molecule is CCOC(=O)CN(C)C(=O)Nc1cc(F)ccc1C(=O)O. The number of carboxylic acid groups (broad SMARTS) is 1. The number of ether oxygens (including phenoxy) is 1. The molecule has 0 bridgehead atoms. The molecule has 0 aromatic heterocycles. The lowest BCUT2D eigenvalue weighted by atomic mass is 10.2. The molecule has 0 aliphatic rings. The maximum atomic E-state index is 13.1. The van der Waals surface area contributed by atoms with E-state index in [0.29, 0.717) is 0 Å². The van der Waals surface area contributed by atoms with Crippen molar-refractivity contribution in [3.8, 4) is 0 Å². The molecule has 0 heterocycles. The molecule has 0 radical (unpaired) electrons. The number of amides is 2. The van der Waals surface area contributed by atoms with E-state index in [2.05, 4.69) is 10.1 Å². The molecular formula is C13H15FN2O5. The topological polar surface area (TPSA) is 95.9 Å². The van der Waals surface area contributed by atoms with Crippen LogP contribution in [0.15, 0.2) is 18.2 Å². The Kier molecular flexibility index (Phi) is 5.65. The van der Waals surface area contributed by atoms with Gasteiger partial charge in [0, 0.05) is 7.05 Å². The summed E-state index contributed by atoms with van der Waals surface area (Å²) in [4.78, 5) is 35.1. The van der Waals surface area contributed by atoms with Crippen LogP contribution in [0.3, 0.4) is 0 Å². The van der Waals surface area contributed by atoms with Gasteiger partial charge in [0.1, 0.15) is 12.4 Å². The normalized spacial score (nSPS) is 9.86. The van der Waals surface area contributed by atoms with Crippen LogP contribution in [-0.4, -0.2) is 48.2 Å². The summed E-state index contributed by atoms with van der Waals surface area (Å²) in [7, 11) is 1.33. The number of nitrogens with zero attached hydrogens (tertiary/aromatic N) is 1. The van der Waals surface area contributed by atoms with E-state index in [1.807, 2.05) is 0 Å². The summed E-state index contributed by atoms with van der Waals surface area (Å²) in [5.41, 5.74) is -0.447. The molecule has 0 atom stereocenters. The van der Waals surface area contributed by atoms with Crippen molar-refractivity contribution in [2.75, 3.05) is 25.5 Å². The largest absolute Gasteiger partial charge is 0.478 e. The van der Waals surface area contributed by atoms with Crippen molar-refractivity contribution < 1.29 is 28.6 Å². The van der Waals surface area contributed by atoms with Crippen LogP contribution >= 0.6 is 0 Å². The first kappa shape index (κ1) is 16.4. The van der Waals surface area contributed by atoms with Gasteiger partial charge in [0.05, 0.1) is 17.9 Å². The van der Waals surface area contributed by atoms with Crippen LogP contribution in [0.5, 0.6) is 0 Å². The van der Waals surface area contributed by atoms with Gasteiger partial charge in [-0.2, -0.15) is 0 Å². The number of urea groups is 1. The Morgan fingerprint density at radius 2 is 2.05 bits per heavy atom. The zero-order chi connectivity index (χ0) is 16.0. The van der Waals surface area contributed by atoms with Crippen molar-refractivity contribution in [3.63, 3.8) is 0 Å². The van der Waals surface area contributed by atoms with Gasteiger partial charge in [0.2, 0.25) is 0 Å². The van der Waals surface area contributed by atoms with Crippen molar-refractivity contribution in [1.82, 2.24) is 4.90 Å². The molecule has 0 aliphatic carbocycles. The van der Waals surface area contributed by atoms with E-state index >= 15 is 0 Å². The molecule has 0 aliphatic heterocycles. The maximum absolute atomic E-state index is 13.1. The minimum atomic E-state index is -1.31. The fourth-order valence-electron chi connectivity index (χ4n) is 1.49. The van der Waals surface area contributed by atoms with E-state index in [9.17, 15) is 18.8 Å². The van der Waals surface area contributed by atoms with E-state index in [4.69, 9.17) is 5.11 Å². The second-order valence-corrected chi connectivity index (χ2v) is 4.09. The number of hydrogen-bond acceptors (Lipinski definition) is 4. The van der Waals surface area contributed by atoms with Gasteiger partial charge in [-0.15, -0.1) is 0 Å². The van der Waals surface area contributed by atoms with Gasteiger partial charge < -0.3 is 20.1 Å². The predicted octanol–water partition coefficient (Wildman–Crippen LogP) is 1.55. The molecule has 2 N–H and O–H groups in total. The van der Waals surface area contributed by atoms with Crippen LogP contribution in [0.25, 0.3) is 0 Å². The molecule has 8 heteroatoms. The molecule has 114 valence electrons. The Morgan fingerprint density at radius 3 is 2.62 bits per heavy atom. The Bertz CT molecular complexity index is 561. The number of aromatic carboxylic acids is 1. The Morgan fingerprint density at radius 1 is 1.38 bits per heavy atom. The van der Waals surface area contributed by atoms with Gasteiger partial charge >= 0.3 is 18.0 Å². The summed E-state index contributed by atoms with van der Waals surface area (Å²) in [5.74, 6) is -2.60. The Hall–Kier alpha value is -2.64. The smallest absolute Gasteiger partial charge is 0.337 e. The molecule has 0 saturated carbocycles. The van der Waals surface area contributed by atoms with E-state index in [-0.39, 0.29) is 24.4 Å². The number of esters is 1. The summed E-state index contributed by atoms with van der Waals surface area (Å²) in [5, 5.41) is 11.2. The number of nitrogens with one attached hydrogen (secondary N) is 1. The highest BCUT2D eigenvalue weighted by Crippen LogP contribution is 2.17. The number of carboxylic acids is 1. The monoisotopic (exact) mass is 298 g/mol. The number of carbonyl (C=O) groups excluding carboxylic acids is 2. The Balaban J connectivity index is 2.80.